The van der Waals surface area contributed by atoms with Gasteiger partial charge in [0.1, 0.15) is 11.2 Å². The zero-order valence-electron chi connectivity index (χ0n) is 10.6. The van der Waals surface area contributed by atoms with Crippen LogP contribution >= 0.6 is 15.9 Å². The summed E-state index contributed by atoms with van der Waals surface area (Å²) in [7, 11) is 0. The maximum Gasteiger partial charge on any atom is 0.329 e. The van der Waals surface area contributed by atoms with Gasteiger partial charge in [-0.25, -0.2) is 4.79 Å². The summed E-state index contributed by atoms with van der Waals surface area (Å²) in [5, 5.41) is 12.8. The van der Waals surface area contributed by atoms with Gasteiger partial charge in [-0.05, 0) is 43.5 Å². The number of aliphatic carboxylic acids is 1. The minimum Gasteiger partial charge on any atom is -0.480 e. The number of rotatable bonds is 3. The van der Waals surface area contributed by atoms with Crippen LogP contribution in [0, 0.1) is 0 Å². The Balaban J connectivity index is 1.87. The van der Waals surface area contributed by atoms with Crippen molar-refractivity contribution >= 4 is 38.7 Å². The summed E-state index contributed by atoms with van der Waals surface area (Å²) in [5.41, 5.74) is 0.136. The van der Waals surface area contributed by atoms with Crippen molar-refractivity contribution < 1.29 is 14.7 Å². The van der Waals surface area contributed by atoms with Crippen LogP contribution in [0.4, 0.5) is 0 Å². The fraction of sp³-hybridized carbons (Fsp3) is 0.286. The van der Waals surface area contributed by atoms with Crippen LogP contribution in [0.3, 0.4) is 0 Å². The molecule has 0 aliphatic heterocycles. The highest BCUT2D eigenvalue weighted by Crippen LogP contribution is 2.32. The zero-order chi connectivity index (χ0) is 14.3. The van der Waals surface area contributed by atoms with Crippen LogP contribution in [-0.4, -0.2) is 27.5 Å². The third-order valence-corrected chi connectivity index (χ3v) is 4.29. The van der Waals surface area contributed by atoms with E-state index in [9.17, 15) is 14.7 Å². The quantitative estimate of drug-likeness (QED) is 0.805. The molecule has 0 bridgehead atoms. The second-order valence-electron chi connectivity index (χ2n) is 5.11. The van der Waals surface area contributed by atoms with Crippen molar-refractivity contribution in [1.29, 1.82) is 0 Å². The molecule has 20 heavy (non-hydrogen) atoms. The fourth-order valence-corrected chi connectivity index (χ4v) is 2.81. The smallest absolute Gasteiger partial charge is 0.329 e. The summed E-state index contributed by atoms with van der Waals surface area (Å²) in [6.07, 6.45) is 1.80. The first-order valence-electron chi connectivity index (χ1n) is 6.34. The van der Waals surface area contributed by atoms with Crippen molar-refractivity contribution in [1.82, 2.24) is 10.3 Å². The number of carboxylic acids is 1. The molecule has 2 aromatic rings. The minimum atomic E-state index is -1.09. The predicted molar refractivity (Wildman–Crippen MR) is 77.7 cm³/mol. The Morgan fingerprint density at radius 1 is 1.30 bits per heavy atom. The monoisotopic (exact) mass is 336 g/mol. The van der Waals surface area contributed by atoms with E-state index in [1.807, 2.05) is 18.2 Å². The van der Waals surface area contributed by atoms with Crippen LogP contribution in [0.25, 0.3) is 10.9 Å². The lowest BCUT2D eigenvalue weighted by Gasteiger charge is -2.38. The number of amides is 1. The number of carbonyl (C=O) groups is 2. The number of carbonyl (C=O) groups excluding carboxylic acids is 1. The predicted octanol–water partition coefficient (Wildman–Crippen LogP) is 2.67. The van der Waals surface area contributed by atoms with E-state index in [2.05, 4.69) is 26.2 Å². The van der Waals surface area contributed by atoms with Gasteiger partial charge in [0.2, 0.25) is 0 Å². The number of halogens is 1. The highest BCUT2D eigenvalue weighted by molar-refractivity contribution is 9.10. The molecule has 3 N–H and O–H groups in total. The molecule has 1 saturated carbocycles. The average molecular weight is 337 g/mol. The molecule has 1 aromatic heterocycles. The molecule has 1 heterocycles. The van der Waals surface area contributed by atoms with Gasteiger partial charge in [0.25, 0.3) is 5.91 Å². The van der Waals surface area contributed by atoms with Crippen molar-refractivity contribution in [2.45, 2.75) is 24.8 Å². The Kier molecular flexibility index (Phi) is 3.05. The van der Waals surface area contributed by atoms with Gasteiger partial charge in [0, 0.05) is 15.4 Å². The number of aromatic nitrogens is 1. The Labute approximate surface area is 123 Å². The molecule has 0 radical (unpaired) electrons. The standard InChI is InChI=1S/C14H13BrN2O3/c15-9-2-3-10-8(6-9)7-11(16-10)12(18)17-14(13(19)20)4-1-5-14/h2-3,6-7,16H,1,4-5H2,(H,17,18)(H,19,20). The van der Waals surface area contributed by atoms with E-state index in [0.717, 1.165) is 21.8 Å². The number of fused-ring (bicyclic) bond motifs is 1. The number of nitrogens with one attached hydrogen (secondary N) is 2. The van der Waals surface area contributed by atoms with E-state index in [1.54, 1.807) is 6.07 Å². The van der Waals surface area contributed by atoms with Crippen LogP contribution in [0.2, 0.25) is 0 Å². The highest BCUT2D eigenvalue weighted by atomic mass is 79.9. The molecule has 1 fully saturated rings. The van der Waals surface area contributed by atoms with Crippen LogP contribution in [0.15, 0.2) is 28.7 Å². The van der Waals surface area contributed by atoms with Crippen LogP contribution < -0.4 is 5.32 Å². The van der Waals surface area contributed by atoms with E-state index in [1.165, 1.54) is 0 Å². The normalized spacial score (nSPS) is 16.6. The van der Waals surface area contributed by atoms with E-state index < -0.39 is 11.5 Å². The largest absolute Gasteiger partial charge is 0.480 e. The van der Waals surface area contributed by atoms with Gasteiger partial charge in [0.05, 0.1) is 0 Å². The molecule has 1 aromatic carbocycles. The van der Waals surface area contributed by atoms with Crippen molar-refractivity contribution in [3.63, 3.8) is 0 Å². The second kappa shape index (κ2) is 4.63. The molecular weight excluding hydrogens is 324 g/mol. The van der Waals surface area contributed by atoms with Gasteiger partial charge in [0.15, 0.2) is 0 Å². The summed E-state index contributed by atoms with van der Waals surface area (Å²) in [5.74, 6) is -1.34. The third kappa shape index (κ3) is 2.10. The van der Waals surface area contributed by atoms with Gasteiger partial charge < -0.3 is 15.4 Å². The second-order valence-corrected chi connectivity index (χ2v) is 6.03. The number of hydrogen-bond acceptors (Lipinski definition) is 2. The molecule has 6 heteroatoms. The Bertz CT molecular complexity index is 704. The summed E-state index contributed by atoms with van der Waals surface area (Å²) in [4.78, 5) is 26.5. The number of hydrogen-bond donors (Lipinski definition) is 3. The van der Waals surface area contributed by atoms with Crippen LogP contribution in [-0.2, 0) is 4.79 Å². The van der Waals surface area contributed by atoms with Crippen molar-refractivity contribution in [3.8, 4) is 0 Å². The minimum absolute atomic E-state index is 0.376. The fourth-order valence-electron chi connectivity index (χ4n) is 2.43. The Hall–Kier alpha value is -1.82. The Morgan fingerprint density at radius 3 is 2.65 bits per heavy atom. The maximum atomic E-state index is 12.2. The van der Waals surface area contributed by atoms with E-state index in [0.29, 0.717) is 18.5 Å². The summed E-state index contributed by atoms with van der Waals surface area (Å²) in [6.45, 7) is 0. The van der Waals surface area contributed by atoms with Crippen LogP contribution in [0.5, 0.6) is 0 Å². The van der Waals surface area contributed by atoms with E-state index in [-0.39, 0.29) is 5.91 Å². The number of H-pyrrole nitrogens is 1. The number of carboxylic acid groups (broad SMARTS) is 1. The molecule has 3 rings (SSSR count). The van der Waals surface area contributed by atoms with Crippen molar-refractivity contribution in [2.24, 2.45) is 0 Å². The molecule has 1 aliphatic carbocycles. The topological polar surface area (TPSA) is 82.2 Å². The first kappa shape index (κ1) is 13.2. The molecule has 0 atom stereocenters. The molecule has 1 aliphatic rings. The highest BCUT2D eigenvalue weighted by Gasteiger charge is 2.45. The van der Waals surface area contributed by atoms with Gasteiger partial charge in [-0.3, -0.25) is 4.79 Å². The average Bonchev–Trinajstić information content (AvgIpc) is 2.75. The lowest BCUT2D eigenvalue weighted by molar-refractivity contribution is -0.148. The number of benzene rings is 1. The summed E-state index contributed by atoms with van der Waals surface area (Å²) in [6, 6.07) is 7.38. The molecule has 104 valence electrons. The van der Waals surface area contributed by atoms with E-state index >= 15 is 0 Å². The van der Waals surface area contributed by atoms with Gasteiger partial charge in [-0.2, -0.15) is 0 Å². The number of aromatic amines is 1. The Morgan fingerprint density at radius 2 is 2.05 bits per heavy atom. The molecule has 1 amide bonds. The molecular formula is C14H13BrN2O3. The van der Waals surface area contributed by atoms with Gasteiger partial charge in [-0.1, -0.05) is 15.9 Å². The first-order chi connectivity index (χ1) is 9.50. The lowest BCUT2D eigenvalue weighted by atomic mass is 9.76. The van der Waals surface area contributed by atoms with Gasteiger partial charge >= 0.3 is 5.97 Å². The van der Waals surface area contributed by atoms with Crippen LogP contribution in [0.1, 0.15) is 29.8 Å². The van der Waals surface area contributed by atoms with Crippen molar-refractivity contribution in [3.05, 3.63) is 34.4 Å². The summed E-state index contributed by atoms with van der Waals surface area (Å²) < 4.78 is 0.928. The lowest BCUT2D eigenvalue weighted by Crippen LogP contribution is -2.59. The molecule has 0 spiro atoms. The summed E-state index contributed by atoms with van der Waals surface area (Å²) >= 11 is 3.37. The first-order valence-corrected chi connectivity index (χ1v) is 7.14. The molecule has 0 unspecified atom stereocenters. The SMILES string of the molecule is O=C(NC1(C(=O)O)CCC1)c1cc2cc(Br)ccc2[nH]1. The van der Waals surface area contributed by atoms with E-state index in [4.69, 9.17) is 0 Å². The van der Waals surface area contributed by atoms with Gasteiger partial charge in [-0.15, -0.1) is 0 Å². The maximum absolute atomic E-state index is 12.2. The third-order valence-electron chi connectivity index (χ3n) is 3.80. The zero-order valence-corrected chi connectivity index (χ0v) is 12.2. The van der Waals surface area contributed by atoms with Crippen molar-refractivity contribution in [2.75, 3.05) is 0 Å². The molecule has 5 nitrogen and oxygen atoms in total. The molecule has 0 saturated heterocycles.